The van der Waals surface area contributed by atoms with Crippen molar-refractivity contribution in [2.24, 2.45) is 0 Å². The number of amides is 1. The number of aromatic nitrogens is 1. The van der Waals surface area contributed by atoms with E-state index in [1.807, 2.05) is 48.5 Å². The van der Waals surface area contributed by atoms with E-state index in [1.54, 1.807) is 25.3 Å². The Bertz CT molecular complexity index is 1020. The second kappa shape index (κ2) is 7.69. The number of nitrogens with one attached hydrogen (secondary N) is 1. The number of piperazine rings is 1. The van der Waals surface area contributed by atoms with Crippen LogP contribution in [0.4, 0.5) is 11.4 Å². The van der Waals surface area contributed by atoms with Crippen molar-refractivity contribution in [1.82, 2.24) is 9.88 Å². The van der Waals surface area contributed by atoms with Gasteiger partial charge in [0, 0.05) is 28.5 Å². The van der Waals surface area contributed by atoms with Gasteiger partial charge in [0.2, 0.25) is 0 Å². The Labute approximate surface area is 169 Å². The van der Waals surface area contributed by atoms with Gasteiger partial charge in [-0.3, -0.25) is 9.78 Å². The molecule has 0 radical (unpaired) electrons. The number of quaternary nitrogens is 1. The molecule has 1 saturated heterocycles. The number of hydrogen-bond donors (Lipinski definition) is 1. The molecule has 1 fully saturated rings. The molecule has 2 heterocycles. The normalized spacial score (nSPS) is 15.9. The Morgan fingerprint density at radius 3 is 2.55 bits per heavy atom. The Hall–Kier alpha value is -3.16. The zero-order valence-corrected chi connectivity index (χ0v) is 16.6. The summed E-state index contributed by atoms with van der Waals surface area (Å²) in [6.45, 7) is 1.85. The lowest BCUT2D eigenvalue weighted by molar-refractivity contribution is -0.864. The molecule has 0 saturated carbocycles. The fourth-order valence-electron chi connectivity index (χ4n) is 3.49. The Morgan fingerprint density at radius 2 is 1.86 bits per heavy atom. The third kappa shape index (κ3) is 4.16. The maximum atomic E-state index is 12.7. The summed E-state index contributed by atoms with van der Waals surface area (Å²) < 4.78 is 5.04. The molecule has 3 aromatic rings. The molecule has 1 aromatic heterocycles. The summed E-state index contributed by atoms with van der Waals surface area (Å²) in [6.07, 6.45) is 1.76. The number of nitrogens with zero attached hydrogens (tertiary/aromatic N) is 3. The van der Waals surface area contributed by atoms with Crippen molar-refractivity contribution < 1.29 is 14.2 Å². The maximum absolute atomic E-state index is 12.7. The van der Waals surface area contributed by atoms with Crippen molar-refractivity contribution in [2.75, 3.05) is 45.7 Å². The molecule has 0 spiro atoms. The summed E-state index contributed by atoms with van der Waals surface area (Å²) in [5.41, 5.74) is 3.28. The van der Waals surface area contributed by atoms with Crippen molar-refractivity contribution in [2.45, 2.75) is 0 Å². The number of likely N-dealkylation sites (N-methyl/N-ethyl adjacent to an activating group) is 1. The molecular formula is C22H24N4O3. The van der Waals surface area contributed by atoms with E-state index in [0.717, 1.165) is 28.0 Å². The van der Waals surface area contributed by atoms with Crippen LogP contribution in [-0.4, -0.2) is 60.8 Å². The second-order valence-electron chi connectivity index (χ2n) is 7.48. The first kappa shape index (κ1) is 19.2. The van der Waals surface area contributed by atoms with Crippen LogP contribution < -0.4 is 10.1 Å². The number of rotatable bonds is 4. The van der Waals surface area contributed by atoms with Gasteiger partial charge in [0.05, 0.1) is 45.9 Å². The van der Waals surface area contributed by atoms with Gasteiger partial charge in [-0.2, -0.15) is 0 Å². The molecule has 7 heteroatoms. The number of anilines is 2. The highest BCUT2D eigenvalue weighted by atomic mass is 16.5. The largest absolute Gasteiger partial charge is 0.633 e. The molecule has 0 bridgehead atoms. The van der Waals surface area contributed by atoms with E-state index in [1.165, 1.54) is 0 Å². The predicted octanol–water partition coefficient (Wildman–Crippen LogP) is 3.39. The molecule has 7 nitrogen and oxygen atoms in total. The molecule has 150 valence electrons. The average Bonchev–Trinajstić information content (AvgIpc) is 2.74. The minimum Gasteiger partial charge on any atom is -0.633 e. The number of carbonyl (C=O) groups is 1. The van der Waals surface area contributed by atoms with E-state index >= 15 is 0 Å². The summed E-state index contributed by atoms with van der Waals surface area (Å²) >= 11 is 0. The first-order valence-electron chi connectivity index (χ1n) is 9.60. The minimum atomic E-state index is -0.280. The summed E-state index contributed by atoms with van der Waals surface area (Å²) in [6, 6.07) is 15.1. The Morgan fingerprint density at radius 1 is 1.14 bits per heavy atom. The van der Waals surface area contributed by atoms with Gasteiger partial charge < -0.3 is 24.8 Å². The van der Waals surface area contributed by atoms with Crippen LogP contribution >= 0.6 is 0 Å². The van der Waals surface area contributed by atoms with Crippen LogP contribution in [0, 0.1) is 5.21 Å². The summed E-state index contributed by atoms with van der Waals surface area (Å²) in [7, 11) is 3.29. The van der Waals surface area contributed by atoms with Crippen LogP contribution in [0.25, 0.3) is 10.9 Å². The number of pyridine rings is 1. The van der Waals surface area contributed by atoms with Crippen molar-refractivity contribution in [3.8, 4) is 5.75 Å². The standard InChI is InChI=1S/C22H24N4O3/c1-26(28)13-11-25(12-14-26)22(27)16-3-5-17(6-4-16)24-21-9-10-23-20-8-7-18(29-2)15-19(20)21/h3-10,15H,11-14H2,1-2H3,(H,23,24). The van der Waals surface area contributed by atoms with Gasteiger partial charge >= 0.3 is 0 Å². The highest BCUT2D eigenvalue weighted by Gasteiger charge is 2.25. The molecule has 1 aliphatic rings. The zero-order chi connectivity index (χ0) is 20.4. The van der Waals surface area contributed by atoms with E-state index in [-0.39, 0.29) is 10.6 Å². The van der Waals surface area contributed by atoms with Gasteiger partial charge in [-0.25, -0.2) is 0 Å². The van der Waals surface area contributed by atoms with Crippen LogP contribution in [0.5, 0.6) is 5.75 Å². The molecular weight excluding hydrogens is 368 g/mol. The molecule has 2 aromatic carbocycles. The molecule has 4 rings (SSSR count). The fourth-order valence-corrected chi connectivity index (χ4v) is 3.49. The van der Waals surface area contributed by atoms with Crippen molar-refractivity contribution in [1.29, 1.82) is 0 Å². The lowest BCUT2D eigenvalue weighted by atomic mass is 10.1. The molecule has 29 heavy (non-hydrogen) atoms. The number of fused-ring (bicyclic) bond motifs is 1. The molecule has 1 aliphatic heterocycles. The monoisotopic (exact) mass is 392 g/mol. The van der Waals surface area contributed by atoms with Crippen molar-refractivity contribution in [3.63, 3.8) is 0 Å². The molecule has 1 N–H and O–H groups in total. The number of methoxy groups -OCH3 is 1. The smallest absolute Gasteiger partial charge is 0.254 e. The fraction of sp³-hybridized carbons (Fsp3) is 0.273. The van der Waals surface area contributed by atoms with Gasteiger partial charge in [-0.05, 0) is 48.5 Å². The van der Waals surface area contributed by atoms with E-state index in [0.29, 0.717) is 31.7 Å². The SMILES string of the molecule is COc1ccc2nccc(Nc3ccc(C(=O)N4CC[N+](C)([O-])CC4)cc3)c2c1. The first-order valence-corrected chi connectivity index (χ1v) is 9.60. The van der Waals surface area contributed by atoms with Gasteiger partial charge in [-0.1, -0.05) is 0 Å². The second-order valence-corrected chi connectivity index (χ2v) is 7.48. The third-order valence-corrected chi connectivity index (χ3v) is 5.33. The number of benzene rings is 2. The quantitative estimate of drug-likeness (QED) is 0.544. The lowest BCUT2D eigenvalue weighted by Gasteiger charge is -2.45. The summed E-state index contributed by atoms with van der Waals surface area (Å²) in [4.78, 5) is 18.8. The lowest BCUT2D eigenvalue weighted by Crippen LogP contribution is -2.55. The highest BCUT2D eigenvalue weighted by molar-refractivity contribution is 5.96. The van der Waals surface area contributed by atoms with E-state index in [4.69, 9.17) is 4.74 Å². The third-order valence-electron chi connectivity index (χ3n) is 5.33. The van der Waals surface area contributed by atoms with Crippen LogP contribution in [-0.2, 0) is 0 Å². The molecule has 0 aliphatic carbocycles. The zero-order valence-electron chi connectivity index (χ0n) is 16.6. The first-order chi connectivity index (χ1) is 13.9. The summed E-state index contributed by atoms with van der Waals surface area (Å²) in [5, 5.41) is 16.3. The predicted molar refractivity (Wildman–Crippen MR) is 113 cm³/mol. The van der Waals surface area contributed by atoms with E-state index in [9.17, 15) is 10.0 Å². The number of hydroxylamine groups is 3. The van der Waals surface area contributed by atoms with Crippen molar-refractivity contribution >= 4 is 28.2 Å². The maximum Gasteiger partial charge on any atom is 0.254 e. The van der Waals surface area contributed by atoms with Crippen LogP contribution in [0.2, 0.25) is 0 Å². The molecule has 1 amide bonds. The van der Waals surface area contributed by atoms with Gasteiger partial charge in [0.15, 0.2) is 0 Å². The van der Waals surface area contributed by atoms with Crippen LogP contribution in [0.15, 0.2) is 54.7 Å². The molecule has 0 atom stereocenters. The van der Waals surface area contributed by atoms with Crippen LogP contribution in [0.3, 0.4) is 0 Å². The van der Waals surface area contributed by atoms with Gasteiger partial charge in [0.25, 0.3) is 5.91 Å². The minimum absolute atomic E-state index is 0.0321. The summed E-state index contributed by atoms with van der Waals surface area (Å²) in [5.74, 6) is 0.735. The topological polar surface area (TPSA) is 77.5 Å². The van der Waals surface area contributed by atoms with Gasteiger partial charge in [-0.15, -0.1) is 0 Å². The number of hydrogen-bond acceptors (Lipinski definition) is 5. The Kier molecular flexibility index (Phi) is 5.08. The Balaban J connectivity index is 1.50. The number of ether oxygens (including phenoxy) is 1. The highest BCUT2D eigenvalue weighted by Crippen LogP contribution is 2.28. The van der Waals surface area contributed by atoms with E-state index in [2.05, 4.69) is 10.3 Å². The molecule has 0 unspecified atom stereocenters. The average molecular weight is 392 g/mol. The van der Waals surface area contributed by atoms with Crippen LogP contribution in [0.1, 0.15) is 10.4 Å². The van der Waals surface area contributed by atoms with Gasteiger partial charge in [0.1, 0.15) is 5.75 Å². The van der Waals surface area contributed by atoms with E-state index < -0.39 is 0 Å². The van der Waals surface area contributed by atoms with Crippen molar-refractivity contribution in [3.05, 3.63) is 65.5 Å². The number of carbonyl (C=O) groups excluding carboxylic acids is 1.